The van der Waals surface area contributed by atoms with Gasteiger partial charge in [-0.15, -0.1) is 6.58 Å². The molecule has 0 saturated carbocycles. The molecule has 0 aromatic heterocycles. The SMILES string of the molecule is C=CC(NC(CS)C(=O)O)S(=O)(=O)O. The molecule has 0 spiro atoms. The first-order valence-corrected chi connectivity index (χ1v) is 5.65. The number of hydrogen-bond acceptors (Lipinski definition) is 5. The Morgan fingerprint density at radius 2 is 2.14 bits per heavy atom. The molecule has 0 aliphatic carbocycles. The summed E-state index contributed by atoms with van der Waals surface area (Å²) in [5.41, 5.74) is 0. The molecule has 0 radical (unpaired) electrons. The van der Waals surface area contributed by atoms with Gasteiger partial charge >= 0.3 is 5.97 Å². The number of nitrogens with one attached hydrogen (secondary N) is 1. The van der Waals surface area contributed by atoms with Gasteiger partial charge in [-0.1, -0.05) is 6.08 Å². The van der Waals surface area contributed by atoms with E-state index in [9.17, 15) is 13.2 Å². The monoisotopic (exact) mass is 241 g/mol. The smallest absolute Gasteiger partial charge is 0.321 e. The lowest BCUT2D eigenvalue weighted by Crippen LogP contribution is -2.46. The van der Waals surface area contributed by atoms with Crippen LogP contribution in [-0.4, -0.2) is 41.2 Å². The normalized spacial score (nSPS) is 15.9. The number of carboxylic acid groups (broad SMARTS) is 1. The van der Waals surface area contributed by atoms with Crippen LogP contribution in [0, 0.1) is 0 Å². The molecular formula is C6H11NO5S2. The van der Waals surface area contributed by atoms with E-state index in [0.29, 0.717) is 0 Å². The Morgan fingerprint density at radius 3 is 2.36 bits per heavy atom. The van der Waals surface area contributed by atoms with Crippen molar-refractivity contribution < 1.29 is 22.9 Å². The zero-order valence-electron chi connectivity index (χ0n) is 7.12. The van der Waals surface area contributed by atoms with Gasteiger partial charge in [-0.3, -0.25) is 14.7 Å². The van der Waals surface area contributed by atoms with Gasteiger partial charge in [0.05, 0.1) is 0 Å². The van der Waals surface area contributed by atoms with E-state index in [2.05, 4.69) is 24.5 Å². The Hall–Kier alpha value is -0.570. The lowest BCUT2D eigenvalue weighted by molar-refractivity contribution is -0.138. The maximum Gasteiger partial charge on any atom is 0.321 e. The molecule has 82 valence electrons. The number of aliphatic carboxylic acids is 1. The highest BCUT2D eigenvalue weighted by molar-refractivity contribution is 7.86. The average molecular weight is 241 g/mol. The highest BCUT2D eigenvalue weighted by atomic mass is 32.2. The van der Waals surface area contributed by atoms with Crippen molar-refractivity contribution in [2.75, 3.05) is 5.75 Å². The van der Waals surface area contributed by atoms with Gasteiger partial charge < -0.3 is 5.11 Å². The first kappa shape index (κ1) is 13.4. The van der Waals surface area contributed by atoms with Crippen LogP contribution in [0.2, 0.25) is 0 Å². The van der Waals surface area contributed by atoms with Crippen LogP contribution in [0.3, 0.4) is 0 Å². The van der Waals surface area contributed by atoms with Crippen molar-refractivity contribution in [1.82, 2.24) is 5.32 Å². The third-order valence-electron chi connectivity index (χ3n) is 1.38. The summed E-state index contributed by atoms with van der Waals surface area (Å²) < 4.78 is 29.9. The zero-order valence-corrected chi connectivity index (χ0v) is 8.83. The van der Waals surface area contributed by atoms with Crippen LogP contribution >= 0.6 is 12.6 Å². The van der Waals surface area contributed by atoms with E-state index in [1.165, 1.54) is 0 Å². The Bertz CT molecular complexity index is 312. The molecule has 2 atom stereocenters. The predicted octanol–water partition coefficient (Wildman–Crippen LogP) is -0.641. The Kier molecular flexibility index (Phi) is 5.13. The van der Waals surface area contributed by atoms with Crippen LogP contribution < -0.4 is 5.32 Å². The molecule has 8 heteroatoms. The number of carbonyl (C=O) groups is 1. The summed E-state index contributed by atoms with van der Waals surface area (Å²) in [6.07, 6.45) is 0.898. The van der Waals surface area contributed by atoms with Gasteiger partial charge in [0, 0.05) is 5.75 Å². The minimum Gasteiger partial charge on any atom is -0.480 e. The van der Waals surface area contributed by atoms with Gasteiger partial charge in [0.15, 0.2) is 5.37 Å². The summed E-state index contributed by atoms with van der Waals surface area (Å²) in [5.74, 6) is -1.36. The molecule has 2 unspecified atom stereocenters. The van der Waals surface area contributed by atoms with Crippen LogP contribution in [0.5, 0.6) is 0 Å². The van der Waals surface area contributed by atoms with Gasteiger partial charge in [0.1, 0.15) is 6.04 Å². The second-order valence-electron chi connectivity index (χ2n) is 2.41. The van der Waals surface area contributed by atoms with Crippen LogP contribution in [-0.2, 0) is 14.9 Å². The molecule has 0 saturated heterocycles. The fraction of sp³-hybridized carbons (Fsp3) is 0.500. The molecule has 0 amide bonds. The molecule has 0 aliphatic rings. The van der Waals surface area contributed by atoms with Crippen molar-refractivity contribution in [2.45, 2.75) is 11.4 Å². The molecule has 0 bridgehead atoms. The van der Waals surface area contributed by atoms with Crippen LogP contribution in [0.15, 0.2) is 12.7 Å². The molecule has 0 heterocycles. The lowest BCUT2D eigenvalue weighted by atomic mass is 10.3. The van der Waals surface area contributed by atoms with Gasteiger partial charge in [-0.2, -0.15) is 21.0 Å². The minimum absolute atomic E-state index is 0.102. The van der Waals surface area contributed by atoms with E-state index < -0.39 is 27.5 Å². The van der Waals surface area contributed by atoms with Crippen LogP contribution in [0.1, 0.15) is 0 Å². The lowest BCUT2D eigenvalue weighted by Gasteiger charge is -2.16. The van der Waals surface area contributed by atoms with Crippen molar-refractivity contribution in [1.29, 1.82) is 0 Å². The van der Waals surface area contributed by atoms with Gasteiger partial charge in [-0.25, -0.2) is 0 Å². The maximum absolute atomic E-state index is 10.6. The Balaban J connectivity index is 4.61. The highest BCUT2D eigenvalue weighted by Crippen LogP contribution is 1.99. The Morgan fingerprint density at radius 1 is 1.64 bits per heavy atom. The summed E-state index contributed by atoms with van der Waals surface area (Å²) >= 11 is 3.71. The molecule has 14 heavy (non-hydrogen) atoms. The first-order chi connectivity index (χ1) is 6.32. The summed E-state index contributed by atoms with van der Waals surface area (Å²) in [5, 5.41) is 9.22. The van der Waals surface area contributed by atoms with Crippen LogP contribution in [0.25, 0.3) is 0 Å². The quantitative estimate of drug-likeness (QED) is 0.280. The number of rotatable bonds is 6. The van der Waals surface area contributed by atoms with E-state index in [4.69, 9.17) is 9.66 Å². The second kappa shape index (κ2) is 5.35. The summed E-state index contributed by atoms with van der Waals surface area (Å²) in [7, 11) is -4.38. The minimum atomic E-state index is -4.38. The molecule has 0 aliphatic heterocycles. The van der Waals surface area contributed by atoms with Crippen molar-refractivity contribution in [2.24, 2.45) is 0 Å². The largest absolute Gasteiger partial charge is 0.480 e. The van der Waals surface area contributed by atoms with Gasteiger partial charge in [0.25, 0.3) is 10.1 Å². The molecule has 6 nitrogen and oxygen atoms in total. The molecule has 0 aromatic carbocycles. The average Bonchev–Trinajstić information content (AvgIpc) is 2.03. The van der Waals surface area contributed by atoms with E-state index in [-0.39, 0.29) is 5.75 Å². The third kappa shape index (κ3) is 4.09. The van der Waals surface area contributed by atoms with Crippen molar-refractivity contribution >= 4 is 28.7 Å². The first-order valence-electron chi connectivity index (χ1n) is 3.51. The molecule has 0 fully saturated rings. The van der Waals surface area contributed by atoms with Gasteiger partial charge in [-0.05, 0) is 0 Å². The highest BCUT2D eigenvalue weighted by Gasteiger charge is 2.25. The summed E-state index contributed by atoms with van der Waals surface area (Å²) in [4.78, 5) is 10.5. The number of hydrogen-bond donors (Lipinski definition) is 4. The fourth-order valence-corrected chi connectivity index (χ4v) is 1.52. The van der Waals surface area contributed by atoms with E-state index in [1.807, 2.05) is 0 Å². The topological polar surface area (TPSA) is 104 Å². The van der Waals surface area contributed by atoms with Crippen LogP contribution in [0.4, 0.5) is 0 Å². The van der Waals surface area contributed by atoms with E-state index in [1.54, 1.807) is 0 Å². The summed E-state index contributed by atoms with van der Waals surface area (Å²) in [6.45, 7) is 3.15. The maximum atomic E-state index is 10.6. The van der Waals surface area contributed by atoms with Gasteiger partial charge in [0.2, 0.25) is 0 Å². The third-order valence-corrected chi connectivity index (χ3v) is 2.72. The summed E-state index contributed by atoms with van der Waals surface area (Å²) in [6, 6.07) is -1.16. The fourth-order valence-electron chi connectivity index (χ4n) is 0.676. The molecule has 0 aromatic rings. The van der Waals surface area contributed by atoms with Crippen molar-refractivity contribution in [3.05, 3.63) is 12.7 Å². The van der Waals surface area contributed by atoms with E-state index >= 15 is 0 Å². The van der Waals surface area contributed by atoms with Crippen molar-refractivity contribution in [3.63, 3.8) is 0 Å². The number of carboxylic acids is 1. The zero-order chi connectivity index (χ0) is 11.4. The predicted molar refractivity (Wildman–Crippen MR) is 53.9 cm³/mol. The molecular weight excluding hydrogens is 230 g/mol. The van der Waals surface area contributed by atoms with E-state index in [0.717, 1.165) is 6.08 Å². The number of thiol groups is 1. The van der Waals surface area contributed by atoms with Crippen molar-refractivity contribution in [3.8, 4) is 0 Å². The standard InChI is InChI=1S/C6H11NO5S2/c1-2-5(14(10,11)12)7-4(3-13)6(8)9/h2,4-5,7,13H,1,3H2,(H,8,9)(H,10,11,12). The Labute approximate surface area is 87.2 Å². The molecule has 3 N–H and O–H groups in total. The second-order valence-corrected chi connectivity index (χ2v) is 4.31. The molecule has 0 rings (SSSR count).